The molecule has 1 N–H and O–H groups in total. The van der Waals surface area contributed by atoms with Gasteiger partial charge in [-0.05, 0) is 64.1 Å². The lowest BCUT2D eigenvalue weighted by atomic mass is 10.1. The topological polar surface area (TPSA) is 66.5 Å². The van der Waals surface area contributed by atoms with Crippen LogP contribution in [-0.4, -0.2) is 26.4 Å². The van der Waals surface area contributed by atoms with Crippen molar-refractivity contribution in [1.29, 1.82) is 0 Å². The summed E-state index contributed by atoms with van der Waals surface area (Å²) in [4.78, 5) is 12.3. The minimum atomic E-state index is -3.68. The fourth-order valence-electron chi connectivity index (χ4n) is 2.40. The quantitative estimate of drug-likeness (QED) is 0.888. The normalized spacial score (nSPS) is 11.8. The van der Waals surface area contributed by atoms with E-state index in [1.165, 1.54) is 28.6 Å². The van der Waals surface area contributed by atoms with Crippen LogP contribution in [-0.2, 0) is 10.0 Å². The molecule has 25 heavy (non-hydrogen) atoms. The molecule has 0 bridgehead atoms. The monoisotopic (exact) mass is 360 g/mol. The number of carbonyl (C=O) groups is 1. The number of hydrogen-bond acceptors (Lipinski definition) is 3. The first-order chi connectivity index (χ1) is 11.6. The van der Waals surface area contributed by atoms with Gasteiger partial charge in [-0.2, -0.15) is 0 Å². The molecule has 5 nitrogen and oxygen atoms in total. The van der Waals surface area contributed by atoms with E-state index in [2.05, 4.69) is 5.32 Å². The number of nitrogens with zero attached hydrogens (tertiary/aromatic N) is 1. The zero-order valence-corrected chi connectivity index (χ0v) is 15.8. The predicted octanol–water partition coefficient (Wildman–Crippen LogP) is 3.43. The van der Waals surface area contributed by atoms with Gasteiger partial charge in [0.05, 0.1) is 10.6 Å². The molecule has 0 aromatic heterocycles. The van der Waals surface area contributed by atoms with Crippen LogP contribution in [0.1, 0.15) is 38.1 Å². The summed E-state index contributed by atoms with van der Waals surface area (Å²) in [6.45, 7) is 7.78. The summed E-state index contributed by atoms with van der Waals surface area (Å²) in [6.07, 6.45) is 0. The van der Waals surface area contributed by atoms with Crippen molar-refractivity contribution in [3.05, 3.63) is 60.2 Å². The number of rotatable bonds is 5. The van der Waals surface area contributed by atoms with Crippen LogP contribution in [0.4, 0.5) is 5.69 Å². The van der Waals surface area contributed by atoms with E-state index < -0.39 is 10.0 Å². The summed E-state index contributed by atoms with van der Waals surface area (Å²) in [5.41, 5.74) is 0.685. The highest BCUT2D eigenvalue weighted by Crippen LogP contribution is 2.23. The molecule has 0 spiro atoms. The molecule has 134 valence electrons. The van der Waals surface area contributed by atoms with E-state index in [0.29, 0.717) is 17.8 Å². The lowest BCUT2D eigenvalue weighted by Crippen LogP contribution is -2.40. The molecule has 2 aromatic carbocycles. The molecule has 2 rings (SSSR count). The number of nitrogens with one attached hydrogen (secondary N) is 1. The van der Waals surface area contributed by atoms with Crippen LogP contribution in [0.5, 0.6) is 0 Å². The van der Waals surface area contributed by atoms with Crippen molar-refractivity contribution in [2.75, 3.05) is 10.8 Å². The maximum atomic E-state index is 12.9. The highest BCUT2D eigenvalue weighted by Gasteiger charge is 2.24. The number of sulfonamides is 1. The van der Waals surface area contributed by atoms with E-state index in [0.717, 1.165) is 0 Å². The zero-order valence-electron chi connectivity index (χ0n) is 15.0. The van der Waals surface area contributed by atoms with E-state index in [9.17, 15) is 13.2 Å². The van der Waals surface area contributed by atoms with Gasteiger partial charge in [0, 0.05) is 17.6 Å². The molecule has 0 aliphatic heterocycles. The van der Waals surface area contributed by atoms with Crippen molar-refractivity contribution < 1.29 is 13.2 Å². The first kappa shape index (κ1) is 19.0. The molecule has 0 fully saturated rings. The molecule has 0 unspecified atom stereocenters. The molecule has 2 aromatic rings. The largest absolute Gasteiger partial charge is 0.347 e. The lowest BCUT2D eigenvalue weighted by Gasteiger charge is -2.23. The Labute approximate surface area is 149 Å². The van der Waals surface area contributed by atoms with Crippen LogP contribution in [0.25, 0.3) is 0 Å². The number of para-hydroxylation sites is 1. The van der Waals surface area contributed by atoms with Crippen molar-refractivity contribution in [2.45, 2.75) is 38.1 Å². The van der Waals surface area contributed by atoms with E-state index in [1.54, 1.807) is 31.2 Å². The molecule has 0 saturated carbocycles. The second kappa shape index (κ2) is 7.27. The predicted molar refractivity (Wildman–Crippen MR) is 100 cm³/mol. The Morgan fingerprint density at radius 3 is 2.04 bits per heavy atom. The van der Waals surface area contributed by atoms with Crippen molar-refractivity contribution in [2.24, 2.45) is 0 Å². The van der Waals surface area contributed by atoms with Gasteiger partial charge in [0.1, 0.15) is 0 Å². The SMILES string of the molecule is CCN(c1ccccc1)S(=O)(=O)c1ccc(C(=O)NC(C)(C)C)cc1. The smallest absolute Gasteiger partial charge is 0.264 e. The number of anilines is 1. The van der Waals surface area contributed by atoms with Crippen LogP contribution in [0.15, 0.2) is 59.5 Å². The maximum absolute atomic E-state index is 12.9. The van der Waals surface area contributed by atoms with Crippen molar-refractivity contribution in [1.82, 2.24) is 5.32 Å². The van der Waals surface area contributed by atoms with E-state index >= 15 is 0 Å². The molecule has 0 heterocycles. The number of carbonyl (C=O) groups excluding carboxylic acids is 1. The Bertz CT molecular complexity index is 823. The molecule has 0 saturated heterocycles. The molecule has 0 radical (unpaired) electrons. The number of benzene rings is 2. The highest BCUT2D eigenvalue weighted by molar-refractivity contribution is 7.92. The van der Waals surface area contributed by atoms with Gasteiger partial charge in [0.2, 0.25) is 0 Å². The fraction of sp³-hybridized carbons (Fsp3) is 0.316. The summed E-state index contributed by atoms with van der Waals surface area (Å²) < 4.78 is 27.1. The highest BCUT2D eigenvalue weighted by atomic mass is 32.2. The van der Waals surface area contributed by atoms with Gasteiger partial charge in [0.25, 0.3) is 15.9 Å². The zero-order chi connectivity index (χ0) is 18.7. The average Bonchev–Trinajstić information content (AvgIpc) is 2.55. The Kier molecular flexibility index (Phi) is 5.52. The van der Waals surface area contributed by atoms with Crippen LogP contribution in [0.2, 0.25) is 0 Å². The summed E-state index contributed by atoms with van der Waals surface area (Å²) in [5.74, 6) is -0.230. The summed E-state index contributed by atoms with van der Waals surface area (Å²) in [6, 6.07) is 15.0. The van der Waals surface area contributed by atoms with Crippen LogP contribution < -0.4 is 9.62 Å². The van der Waals surface area contributed by atoms with Crippen molar-refractivity contribution in [3.63, 3.8) is 0 Å². The van der Waals surface area contributed by atoms with Gasteiger partial charge < -0.3 is 5.32 Å². The minimum Gasteiger partial charge on any atom is -0.347 e. The van der Waals surface area contributed by atoms with E-state index in [4.69, 9.17) is 0 Å². The Morgan fingerprint density at radius 1 is 1.00 bits per heavy atom. The van der Waals surface area contributed by atoms with Gasteiger partial charge in [-0.15, -0.1) is 0 Å². The third kappa shape index (κ3) is 4.60. The van der Waals surface area contributed by atoms with Crippen LogP contribution in [0, 0.1) is 0 Å². The second-order valence-corrected chi connectivity index (χ2v) is 8.60. The van der Waals surface area contributed by atoms with E-state index in [-0.39, 0.29) is 16.3 Å². The van der Waals surface area contributed by atoms with Gasteiger partial charge in [-0.3, -0.25) is 9.10 Å². The maximum Gasteiger partial charge on any atom is 0.264 e. The van der Waals surface area contributed by atoms with Gasteiger partial charge in [-0.1, -0.05) is 18.2 Å². The lowest BCUT2D eigenvalue weighted by molar-refractivity contribution is 0.0919. The molecule has 6 heteroatoms. The summed E-state index contributed by atoms with van der Waals surface area (Å²) in [5, 5.41) is 2.85. The van der Waals surface area contributed by atoms with Crippen molar-refractivity contribution in [3.8, 4) is 0 Å². The van der Waals surface area contributed by atoms with Crippen molar-refractivity contribution >= 4 is 21.6 Å². The summed E-state index contributed by atoms with van der Waals surface area (Å²) in [7, 11) is -3.68. The first-order valence-electron chi connectivity index (χ1n) is 8.15. The third-order valence-electron chi connectivity index (χ3n) is 3.52. The molecule has 0 atom stereocenters. The fourth-order valence-corrected chi connectivity index (χ4v) is 3.88. The van der Waals surface area contributed by atoms with Gasteiger partial charge in [0.15, 0.2) is 0 Å². The standard InChI is InChI=1S/C19H24N2O3S/c1-5-21(16-9-7-6-8-10-16)25(23,24)17-13-11-15(12-14-17)18(22)20-19(2,3)4/h6-14H,5H2,1-4H3,(H,20,22). The second-order valence-electron chi connectivity index (χ2n) is 6.73. The molecular formula is C19H24N2O3S. The summed E-state index contributed by atoms with van der Waals surface area (Å²) >= 11 is 0. The Hall–Kier alpha value is -2.34. The molecular weight excluding hydrogens is 336 g/mol. The van der Waals surface area contributed by atoms with Gasteiger partial charge >= 0.3 is 0 Å². The van der Waals surface area contributed by atoms with Gasteiger partial charge in [-0.25, -0.2) is 8.42 Å². The minimum absolute atomic E-state index is 0.158. The Morgan fingerprint density at radius 2 is 1.56 bits per heavy atom. The average molecular weight is 360 g/mol. The molecule has 0 aliphatic carbocycles. The van der Waals surface area contributed by atoms with Crippen LogP contribution in [0.3, 0.4) is 0 Å². The number of amides is 1. The van der Waals surface area contributed by atoms with Crippen LogP contribution >= 0.6 is 0 Å². The third-order valence-corrected chi connectivity index (χ3v) is 5.44. The molecule has 0 aliphatic rings. The number of hydrogen-bond donors (Lipinski definition) is 1. The Balaban J connectivity index is 2.30. The molecule has 1 amide bonds. The van der Waals surface area contributed by atoms with E-state index in [1.807, 2.05) is 26.8 Å². The first-order valence-corrected chi connectivity index (χ1v) is 9.59.